The van der Waals surface area contributed by atoms with Crippen LogP contribution in [0.4, 0.5) is 0 Å². The summed E-state index contributed by atoms with van der Waals surface area (Å²) in [7, 11) is 0. The number of benzene rings is 2. The highest BCUT2D eigenvalue weighted by Crippen LogP contribution is 2.06. The molecule has 0 fully saturated rings. The van der Waals surface area contributed by atoms with Crippen molar-refractivity contribution >= 4 is 12.2 Å². The van der Waals surface area contributed by atoms with Gasteiger partial charge >= 0.3 is 5.97 Å². The van der Waals surface area contributed by atoms with Gasteiger partial charge in [-0.2, -0.15) is 0 Å². The molecular formula is C15H14NO3+. The lowest BCUT2D eigenvalue weighted by Crippen LogP contribution is -2.11. The van der Waals surface area contributed by atoms with Gasteiger partial charge in [-0.15, -0.1) is 0 Å². The molecule has 0 heterocycles. The highest BCUT2D eigenvalue weighted by molar-refractivity contribution is 5.97. The van der Waals surface area contributed by atoms with Crippen molar-refractivity contribution in [3.8, 4) is 0 Å². The summed E-state index contributed by atoms with van der Waals surface area (Å²) >= 11 is 0. The minimum atomic E-state index is -1.01. The molecule has 0 spiro atoms. The van der Waals surface area contributed by atoms with E-state index in [1.807, 2.05) is 30.3 Å². The van der Waals surface area contributed by atoms with Gasteiger partial charge in [0.05, 0.1) is 11.1 Å². The van der Waals surface area contributed by atoms with Gasteiger partial charge in [-0.3, -0.25) is 5.21 Å². The Bertz CT molecular complexity index is 606. The molecule has 4 heteroatoms. The summed E-state index contributed by atoms with van der Waals surface area (Å²) < 4.78 is 0.983. The molecular weight excluding hydrogens is 242 g/mol. The van der Waals surface area contributed by atoms with E-state index in [2.05, 4.69) is 0 Å². The Hall–Kier alpha value is -2.62. The molecule has 0 saturated heterocycles. The van der Waals surface area contributed by atoms with Crippen molar-refractivity contribution in [1.29, 1.82) is 0 Å². The summed E-state index contributed by atoms with van der Waals surface area (Å²) in [5, 5.41) is 18.9. The Balaban J connectivity index is 2.24. The van der Waals surface area contributed by atoms with Gasteiger partial charge in [0.25, 0.3) is 0 Å². The summed E-state index contributed by atoms with van der Waals surface area (Å²) in [6.07, 6.45) is 1.41. The van der Waals surface area contributed by atoms with Crippen LogP contribution < -0.4 is 0 Å². The first kappa shape index (κ1) is 12.8. The van der Waals surface area contributed by atoms with Gasteiger partial charge < -0.3 is 5.11 Å². The van der Waals surface area contributed by atoms with E-state index >= 15 is 0 Å². The third-order valence-electron chi connectivity index (χ3n) is 2.67. The number of nitrogens with zero attached hydrogens (tertiary/aromatic N) is 1. The fraction of sp³-hybridized carbons (Fsp3) is 0.0667. The lowest BCUT2D eigenvalue weighted by molar-refractivity contribution is -0.783. The second-order valence-corrected chi connectivity index (χ2v) is 4.10. The zero-order valence-electron chi connectivity index (χ0n) is 10.2. The minimum Gasteiger partial charge on any atom is -0.478 e. The first-order chi connectivity index (χ1) is 9.16. The molecule has 2 rings (SSSR count). The molecule has 0 saturated carbocycles. The van der Waals surface area contributed by atoms with Crippen molar-refractivity contribution in [2.24, 2.45) is 0 Å². The summed E-state index contributed by atoms with van der Waals surface area (Å²) in [6.45, 7) is 0.300. The lowest BCUT2D eigenvalue weighted by atomic mass is 10.1. The summed E-state index contributed by atoms with van der Waals surface area (Å²) in [5.41, 5.74) is 1.57. The lowest BCUT2D eigenvalue weighted by Gasteiger charge is -1.99. The molecule has 0 aromatic heterocycles. The average molecular weight is 256 g/mol. The van der Waals surface area contributed by atoms with Crippen molar-refractivity contribution in [1.82, 2.24) is 0 Å². The molecule has 2 aromatic carbocycles. The van der Waals surface area contributed by atoms with E-state index in [1.165, 1.54) is 12.3 Å². The molecule has 0 bridgehead atoms. The number of hydrogen-bond donors (Lipinski definition) is 2. The Morgan fingerprint density at radius 2 is 1.68 bits per heavy atom. The van der Waals surface area contributed by atoms with Crippen LogP contribution in [0.15, 0.2) is 54.6 Å². The third kappa shape index (κ3) is 3.42. The van der Waals surface area contributed by atoms with E-state index < -0.39 is 5.97 Å². The van der Waals surface area contributed by atoms with Crippen molar-refractivity contribution in [2.45, 2.75) is 6.54 Å². The van der Waals surface area contributed by atoms with E-state index in [-0.39, 0.29) is 5.56 Å². The van der Waals surface area contributed by atoms with Gasteiger partial charge in [-0.1, -0.05) is 42.5 Å². The first-order valence-corrected chi connectivity index (χ1v) is 5.83. The van der Waals surface area contributed by atoms with Crippen LogP contribution in [0.25, 0.3) is 0 Å². The Morgan fingerprint density at radius 3 is 2.37 bits per heavy atom. The van der Waals surface area contributed by atoms with Crippen molar-refractivity contribution < 1.29 is 19.8 Å². The van der Waals surface area contributed by atoms with Crippen molar-refractivity contribution in [3.63, 3.8) is 0 Å². The monoisotopic (exact) mass is 256 g/mol. The summed E-state index contributed by atoms with van der Waals surface area (Å²) in [6, 6.07) is 16.0. The second kappa shape index (κ2) is 5.82. The highest BCUT2D eigenvalue weighted by atomic mass is 16.5. The highest BCUT2D eigenvalue weighted by Gasteiger charge is 2.12. The van der Waals surface area contributed by atoms with Crippen LogP contribution in [0.5, 0.6) is 0 Å². The van der Waals surface area contributed by atoms with Gasteiger partial charge in [0, 0.05) is 5.56 Å². The molecule has 0 radical (unpaired) electrons. The molecule has 0 amide bonds. The standard InChI is InChI=1S/C15H13NO3/c17-15(18)14-9-5-4-8-13(14)11-16(19)10-12-6-2-1-3-7-12/h1-9,11H,10H2,(H-,17,18,19)/p+1. The van der Waals surface area contributed by atoms with Crippen molar-refractivity contribution in [3.05, 3.63) is 71.3 Å². The van der Waals surface area contributed by atoms with Gasteiger partial charge in [0.15, 0.2) is 0 Å². The maximum atomic E-state index is 11.0. The Labute approximate surface area is 110 Å². The predicted octanol–water partition coefficient (Wildman–Crippen LogP) is 2.41. The molecule has 0 aliphatic rings. The number of rotatable bonds is 4. The number of carbonyl (C=O) groups is 1. The topological polar surface area (TPSA) is 60.5 Å². The fourth-order valence-corrected chi connectivity index (χ4v) is 1.78. The largest absolute Gasteiger partial charge is 0.478 e. The van der Waals surface area contributed by atoms with Crippen LogP contribution in [0.1, 0.15) is 21.5 Å². The average Bonchev–Trinajstić information content (AvgIpc) is 2.40. The number of carboxylic acids is 1. The van der Waals surface area contributed by atoms with Crippen LogP contribution >= 0.6 is 0 Å². The van der Waals surface area contributed by atoms with E-state index in [0.717, 1.165) is 10.3 Å². The van der Waals surface area contributed by atoms with Gasteiger partial charge in [0.2, 0.25) is 12.8 Å². The fourth-order valence-electron chi connectivity index (χ4n) is 1.78. The summed E-state index contributed by atoms with van der Waals surface area (Å²) in [4.78, 5) is 11.0. The second-order valence-electron chi connectivity index (χ2n) is 4.10. The SMILES string of the molecule is O=C(O)c1ccccc1C=[N+](O)Cc1ccccc1. The molecule has 0 unspecified atom stereocenters. The number of hydrogen-bond acceptors (Lipinski definition) is 2. The minimum absolute atomic E-state index is 0.162. The van der Waals surface area contributed by atoms with E-state index in [4.69, 9.17) is 5.11 Å². The zero-order valence-corrected chi connectivity index (χ0v) is 10.2. The number of carboxylic acid groups (broad SMARTS) is 1. The number of aromatic carboxylic acids is 1. The number of hydroxylamine groups is 1. The van der Waals surface area contributed by atoms with Crippen LogP contribution in [-0.2, 0) is 6.54 Å². The summed E-state index contributed by atoms with van der Waals surface area (Å²) in [5.74, 6) is -1.01. The van der Waals surface area contributed by atoms with Gasteiger partial charge in [-0.25, -0.2) is 4.79 Å². The maximum Gasteiger partial charge on any atom is 0.336 e. The molecule has 0 atom stereocenters. The van der Waals surface area contributed by atoms with Gasteiger partial charge in [0.1, 0.15) is 0 Å². The first-order valence-electron chi connectivity index (χ1n) is 5.83. The Morgan fingerprint density at radius 1 is 1.05 bits per heavy atom. The van der Waals surface area contributed by atoms with Gasteiger partial charge in [-0.05, 0) is 16.9 Å². The Kier molecular flexibility index (Phi) is 3.93. The van der Waals surface area contributed by atoms with Crippen LogP contribution in [0.3, 0.4) is 0 Å². The smallest absolute Gasteiger partial charge is 0.336 e. The van der Waals surface area contributed by atoms with Crippen LogP contribution in [0.2, 0.25) is 0 Å². The molecule has 4 nitrogen and oxygen atoms in total. The third-order valence-corrected chi connectivity index (χ3v) is 2.67. The van der Waals surface area contributed by atoms with Crippen molar-refractivity contribution in [2.75, 3.05) is 0 Å². The molecule has 2 aromatic rings. The molecule has 0 aliphatic carbocycles. The molecule has 2 N–H and O–H groups in total. The maximum absolute atomic E-state index is 11.0. The van der Waals surface area contributed by atoms with E-state index in [1.54, 1.807) is 18.2 Å². The molecule has 96 valence electrons. The zero-order chi connectivity index (χ0) is 13.7. The normalized spacial score (nSPS) is 11.3. The molecule has 0 aliphatic heterocycles. The van der Waals surface area contributed by atoms with E-state index in [9.17, 15) is 10.0 Å². The van der Waals surface area contributed by atoms with Crippen LogP contribution in [0, 0.1) is 0 Å². The van der Waals surface area contributed by atoms with Crippen LogP contribution in [-0.4, -0.2) is 27.2 Å². The quantitative estimate of drug-likeness (QED) is 0.382. The molecule has 19 heavy (non-hydrogen) atoms. The predicted molar refractivity (Wildman–Crippen MR) is 70.8 cm³/mol. The van der Waals surface area contributed by atoms with E-state index in [0.29, 0.717) is 12.1 Å².